The Morgan fingerprint density at radius 3 is 2.36 bits per heavy atom. The summed E-state index contributed by atoms with van der Waals surface area (Å²) in [6.07, 6.45) is 3.52. The summed E-state index contributed by atoms with van der Waals surface area (Å²) in [4.78, 5) is 25.8. The quantitative estimate of drug-likeness (QED) is 0.760. The van der Waals surface area contributed by atoms with Crippen LogP contribution < -0.4 is 15.1 Å². The molecule has 0 atom stereocenters. The predicted molar refractivity (Wildman–Crippen MR) is 112 cm³/mol. The zero-order valence-corrected chi connectivity index (χ0v) is 15.9. The van der Waals surface area contributed by atoms with Gasteiger partial charge >= 0.3 is 0 Å². The molecule has 0 bridgehead atoms. The highest BCUT2D eigenvalue weighted by Gasteiger charge is 2.19. The van der Waals surface area contributed by atoms with Gasteiger partial charge in [-0.2, -0.15) is 0 Å². The maximum Gasteiger partial charge on any atom is 0.274 e. The van der Waals surface area contributed by atoms with Crippen molar-refractivity contribution >= 4 is 23.1 Å². The molecule has 4 rings (SSSR count). The lowest BCUT2D eigenvalue weighted by molar-refractivity contribution is 0.102. The number of nitrogens with one attached hydrogen (secondary N) is 1. The number of nitrogens with zero attached hydrogens (tertiary/aromatic N) is 4. The van der Waals surface area contributed by atoms with E-state index in [1.165, 1.54) is 0 Å². The highest BCUT2D eigenvalue weighted by Crippen LogP contribution is 2.20. The first-order valence-electron chi connectivity index (χ1n) is 9.44. The van der Waals surface area contributed by atoms with Gasteiger partial charge in [0.2, 0.25) is 0 Å². The predicted octanol–water partition coefficient (Wildman–Crippen LogP) is 3.36. The first-order chi connectivity index (χ1) is 13.7. The molecule has 6 heteroatoms. The number of anilines is 3. The monoisotopic (exact) mass is 373 g/mol. The second kappa shape index (κ2) is 8.08. The topological polar surface area (TPSA) is 61.4 Å². The molecule has 1 aromatic carbocycles. The molecule has 1 fully saturated rings. The van der Waals surface area contributed by atoms with Gasteiger partial charge in [-0.3, -0.25) is 9.78 Å². The largest absolute Gasteiger partial charge is 0.368 e. The number of piperazine rings is 1. The minimum absolute atomic E-state index is 0.196. The molecule has 142 valence electrons. The number of carbonyl (C=O) groups is 1. The van der Waals surface area contributed by atoms with Crippen LogP contribution in [0.15, 0.2) is 67.0 Å². The van der Waals surface area contributed by atoms with Crippen molar-refractivity contribution in [2.45, 2.75) is 6.92 Å². The Labute approximate surface area is 164 Å². The van der Waals surface area contributed by atoms with Gasteiger partial charge in [0.05, 0.1) is 0 Å². The zero-order chi connectivity index (χ0) is 19.3. The van der Waals surface area contributed by atoms with Crippen molar-refractivity contribution in [3.63, 3.8) is 0 Å². The van der Waals surface area contributed by atoms with Crippen LogP contribution in [0.5, 0.6) is 0 Å². The number of pyridine rings is 2. The smallest absolute Gasteiger partial charge is 0.274 e. The van der Waals surface area contributed by atoms with Crippen LogP contribution >= 0.6 is 0 Å². The Balaban J connectivity index is 1.41. The molecular weight excluding hydrogens is 350 g/mol. The van der Waals surface area contributed by atoms with Gasteiger partial charge in [0.1, 0.15) is 11.5 Å². The Bertz CT molecular complexity index is 935. The van der Waals surface area contributed by atoms with Crippen molar-refractivity contribution in [2.75, 3.05) is 41.3 Å². The van der Waals surface area contributed by atoms with Gasteiger partial charge < -0.3 is 15.1 Å². The fourth-order valence-corrected chi connectivity index (χ4v) is 3.31. The average molecular weight is 373 g/mol. The van der Waals surface area contributed by atoms with E-state index in [-0.39, 0.29) is 5.91 Å². The van der Waals surface area contributed by atoms with Crippen LogP contribution in [0.25, 0.3) is 0 Å². The molecule has 0 aliphatic carbocycles. The lowest BCUT2D eigenvalue weighted by Crippen LogP contribution is -2.46. The number of carbonyl (C=O) groups excluding carboxylic acids is 1. The highest BCUT2D eigenvalue weighted by molar-refractivity contribution is 6.03. The first-order valence-corrected chi connectivity index (χ1v) is 9.44. The van der Waals surface area contributed by atoms with Gasteiger partial charge in [0.15, 0.2) is 0 Å². The van der Waals surface area contributed by atoms with E-state index in [9.17, 15) is 4.79 Å². The van der Waals surface area contributed by atoms with Gasteiger partial charge in [0.25, 0.3) is 5.91 Å². The number of hydrogen-bond donors (Lipinski definition) is 1. The molecule has 0 unspecified atom stereocenters. The standard InChI is InChI=1S/C22H23N5O/c1-17-5-7-18(8-6-17)25-22(28)20-16-19(9-11-23-20)26-12-14-27(15-13-26)21-4-2-3-10-24-21/h2-11,16H,12-15H2,1H3,(H,25,28). The number of amides is 1. The lowest BCUT2D eigenvalue weighted by atomic mass is 10.2. The summed E-state index contributed by atoms with van der Waals surface area (Å²) >= 11 is 0. The van der Waals surface area contributed by atoms with Crippen LogP contribution in [0.2, 0.25) is 0 Å². The summed E-state index contributed by atoms with van der Waals surface area (Å²) in [6, 6.07) is 17.5. The normalized spacial score (nSPS) is 14.0. The fraction of sp³-hybridized carbons (Fsp3) is 0.227. The van der Waals surface area contributed by atoms with Crippen LogP contribution in [-0.4, -0.2) is 42.1 Å². The maximum atomic E-state index is 12.6. The maximum absolute atomic E-state index is 12.6. The molecule has 1 aliphatic heterocycles. The Hall–Kier alpha value is -3.41. The SMILES string of the molecule is Cc1ccc(NC(=O)c2cc(N3CCN(c4ccccn4)CC3)ccn2)cc1. The Kier molecular flexibility index (Phi) is 5.19. The third-order valence-electron chi connectivity index (χ3n) is 4.90. The van der Waals surface area contributed by atoms with E-state index in [1.807, 2.05) is 67.7 Å². The number of hydrogen-bond acceptors (Lipinski definition) is 5. The summed E-state index contributed by atoms with van der Waals surface area (Å²) in [5, 5.41) is 2.91. The molecule has 28 heavy (non-hydrogen) atoms. The lowest BCUT2D eigenvalue weighted by Gasteiger charge is -2.36. The minimum Gasteiger partial charge on any atom is -0.368 e. The van der Waals surface area contributed by atoms with E-state index in [2.05, 4.69) is 25.1 Å². The molecule has 1 saturated heterocycles. The van der Waals surface area contributed by atoms with Crippen LogP contribution in [0.4, 0.5) is 17.2 Å². The molecule has 3 heterocycles. The van der Waals surface area contributed by atoms with Crippen molar-refractivity contribution in [3.05, 3.63) is 78.2 Å². The van der Waals surface area contributed by atoms with Crippen LogP contribution in [0.3, 0.4) is 0 Å². The summed E-state index contributed by atoms with van der Waals surface area (Å²) in [7, 11) is 0. The van der Waals surface area contributed by atoms with E-state index in [0.717, 1.165) is 48.9 Å². The summed E-state index contributed by atoms with van der Waals surface area (Å²) in [6.45, 7) is 5.55. The second-order valence-electron chi connectivity index (χ2n) is 6.88. The number of aromatic nitrogens is 2. The Morgan fingerprint density at radius 1 is 0.893 bits per heavy atom. The van der Waals surface area contributed by atoms with Crippen molar-refractivity contribution in [1.29, 1.82) is 0 Å². The second-order valence-corrected chi connectivity index (χ2v) is 6.88. The van der Waals surface area contributed by atoms with Crippen molar-refractivity contribution in [2.24, 2.45) is 0 Å². The van der Waals surface area contributed by atoms with E-state index in [1.54, 1.807) is 6.20 Å². The van der Waals surface area contributed by atoms with Gasteiger partial charge in [-0.1, -0.05) is 23.8 Å². The van der Waals surface area contributed by atoms with Crippen molar-refractivity contribution in [1.82, 2.24) is 9.97 Å². The molecule has 2 aromatic heterocycles. The molecular formula is C22H23N5O. The molecule has 3 aromatic rings. The van der Waals surface area contributed by atoms with E-state index < -0.39 is 0 Å². The van der Waals surface area contributed by atoms with Crippen LogP contribution in [0.1, 0.15) is 16.1 Å². The number of rotatable bonds is 4. The fourth-order valence-electron chi connectivity index (χ4n) is 3.31. The number of aryl methyl sites for hydroxylation is 1. The van der Waals surface area contributed by atoms with Gasteiger partial charge in [0, 0.05) is 49.9 Å². The van der Waals surface area contributed by atoms with E-state index in [4.69, 9.17) is 0 Å². The Morgan fingerprint density at radius 2 is 1.64 bits per heavy atom. The highest BCUT2D eigenvalue weighted by atomic mass is 16.1. The molecule has 0 saturated carbocycles. The van der Waals surface area contributed by atoms with E-state index in [0.29, 0.717) is 5.69 Å². The summed E-state index contributed by atoms with van der Waals surface area (Å²) in [5.41, 5.74) is 3.37. The van der Waals surface area contributed by atoms with Gasteiger partial charge in [-0.25, -0.2) is 4.98 Å². The van der Waals surface area contributed by atoms with E-state index >= 15 is 0 Å². The zero-order valence-electron chi connectivity index (χ0n) is 15.9. The molecule has 1 N–H and O–H groups in total. The van der Waals surface area contributed by atoms with Gasteiger partial charge in [-0.05, 0) is 43.3 Å². The summed E-state index contributed by atoms with van der Waals surface area (Å²) < 4.78 is 0. The minimum atomic E-state index is -0.196. The molecule has 0 spiro atoms. The first kappa shape index (κ1) is 18.0. The molecule has 1 aliphatic rings. The van der Waals surface area contributed by atoms with Crippen molar-refractivity contribution in [3.8, 4) is 0 Å². The third-order valence-corrected chi connectivity index (χ3v) is 4.90. The average Bonchev–Trinajstić information content (AvgIpc) is 2.76. The van der Waals surface area contributed by atoms with Crippen LogP contribution in [-0.2, 0) is 0 Å². The third kappa shape index (κ3) is 4.11. The molecule has 0 radical (unpaired) electrons. The van der Waals surface area contributed by atoms with Gasteiger partial charge in [-0.15, -0.1) is 0 Å². The van der Waals surface area contributed by atoms with Crippen LogP contribution in [0, 0.1) is 6.92 Å². The molecule has 6 nitrogen and oxygen atoms in total. The summed E-state index contributed by atoms with van der Waals surface area (Å²) in [5.74, 6) is 0.813. The number of benzene rings is 1. The van der Waals surface area contributed by atoms with Crippen molar-refractivity contribution < 1.29 is 4.79 Å². The molecule has 1 amide bonds.